The third kappa shape index (κ3) is 1.17. The van der Waals surface area contributed by atoms with Gasteiger partial charge in [-0.25, -0.2) is 9.78 Å². The Bertz CT molecular complexity index is 254. The Morgan fingerprint density at radius 2 is 1.54 bits per heavy atom. The predicted octanol–water partition coefficient (Wildman–Crippen LogP) is 2.52. The van der Waals surface area contributed by atoms with E-state index in [-0.39, 0.29) is 12.2 Å². The standard InChI is InChI=1S/C11H14O2/c1-2-4-8(5-3-1)11-9-6-7-10(11)13-12-9/h6-7,9-10H,1-5H2. The van der Waals surface area contributed by atoms with Gasteiger partial charge in [0.1, 0.15) is 12.2 Å². The van der Waals surface area contributed by atoms with Crippen molar-refractivity contribution in [3.8, 4) is 0 Å². The Hall–Kier alpha value is -0.600. The van der Waals surface area contributed by atoms with Crippen molar-refractivity contribution in [2.45, 2.75) is 44.3 Å². The van der Waals surface area contributed by atoms with Gasteiger partial charge in [0.05, 0.1) is 0 Å². The zero-order valence-electron chi connectivity index (χ0n) is 7.66. The van der Waals surface area contributed by atoms with Crippen LogP contribution in [0.25, 0.3) is 0 Å². The summed E-state index contributed by atoms with van der Waals surface area (Å²) in [6.07, 6.45) is 11.1. The second-order valence-corrected chi connectivity index (χ2v) is 4.04. The molecule has 0 amide bonds. The van der Waals surface area contributed by atoms with Gasteiger partial charge in [-0.3, -0.25) is 0 Å². The zero-order chi connectivity index (χ0) is 8.67. The van der Waals surface area contributed by atoms with Gasteiger partial charge >= 0.3 is 0 Å². The largest absolute Gasteiger partial charge is 0.224 e. The normalized spacial score (nSPS) is 37.5. The van der Waals surface area contributed by atoms with Crippen LogP contribution in [0.4, 0.5) is 0 Å². The van der Waals surface area contributed by atoms with Gasteiger partial charge in [0, 0.05) is 5.57 Å². The van der Waals surface area contributed by atoms with E-state index in [9.17, 15) is 0 Å². The van der Waals surface area contributed by atoms with Gasteiger partial charge in [-0.2, -0.15) is 0 Å². The maximum Gasteiger partial charge on any atom is 0.135 e. The molecule has 2 nitrogen and oxygen atoms in total. The van der Waals surface area contributed by atoms with E-state index in [0.717, 1.165) is 0 Å². The summed E-state index contributed by atoms with van der Waals surface area (Å²) in [6.45, 7) is 0. The number of fused-ring (bicyclic) bond motifs is 2. The average Bonchev–Trinajstić information content (AvgIpc) is 2.78. The molecule has 0 N–H and O–H groups in total. The molecule has 0 aromatic rings. The highest BCUT2D eigenvalue weighted by Gasteiger charge is 2.37. The Morgan fingerprint density at radius 3 is 2.08 bits per heavy atom. The fourth-order valence-electron chi connectivity index (χ4n) is 2.53. The lowest BCUT2D eigenvalue weighted by molar-refractivity contribution is -0.286. The minimum absolute atomic E-state index is 0.151. The molecule has 13 heavy (non-hydrogen) atoms. The number of hydrogen-bond donors (Lipinski definition) is 0. The molecule has 70 valence electrons. The van der Waals surface area contributed by atoms with Gasteiger partial charge in [0.2, 0.25) is 0 Å². The first-order chi connectivity index (χ1) is 6.45. The summed E-state index contributed by atoms with van der Waals surface area (Å²) in [5.74, 6) is 0. The summed E-state index contributed by atoms with van der Waals surface area (Å²) in [5.41, 5.74) is 3.02. The van der Waals surface area contributed by atoms with Crippen LogP contribution in [0.1, 0.15) is 32.1 Å². The van der Waals surface area contributed by atoms with Crippen molar-refractivity contribution in [1.29, 1.82) is 0 Å². The van der Waals surface area contributed by atoms with Crippen LogP contribution in [0.15, 0.2) is 23.3 Å². The van der Waals surface area contributed by atoms with Crippen molar-refractivity contribution in [2.75, 3.05) is 0 Å². The van der Waals surface area contributed by atoms with E-state index >= 15 is 0 Å². The first-order valence-corrected chi connectivity index (χ1v) is 5.17. The molecule has 0 aromatic carbocycles. The van der Waals surface area contributed by atoms with Gasteiger partial charge in [-0.05, 0) is 37.8 Å². The average molecular weight is 178 g/mol. The molecule has 2 unspecified atom stereocenters. The lowest BCUT2D eigenvalue weighted by Gasteiger charge is -2.17. The first kappa shape index (κ1) is 7.77. The summed E-state index contributed by atoms with van der Waals surface area (Å²) in [6, 6.07) is 0. The summed E-state index contributed by atoms with van der Waals surface area (Å²) in [7, 11) is 0. The SMILES string of the molecule is C1=CC2OOC1C2=C1CCCCC1. The molecule has 1 saturated carbocycles. The van der Waals surface area contributed by atoms with Crippen molar-refractivity contribution in [1.82, 2.24) is 0 Å². The Kier molecular flexibility index (Phi) is 1.77. The minimum atomic E-state index is 0.151. The third-order valence-corrected chi connectivity index (χ3v) is 3.20. The molecule has 0 spiro atoms. The van der Waals surface area contributed by atoms with Crippen LogP contribution >= 0.6 is 0 Å². The molecular weight excluding hydrogens is 164 g/mol. The van der Waals surface area contributed by atoms with Crippen LogP contribution in [0.3, 0.4) is 0 Å². The van der Waals surface area contributed by atoms with Gasteiger partial charge in [0.15, 0.2) is 0 Å². The van der Waals surface area contributed by atoms with Gasteiger partial charge in [0.25, 0.3) is 0 Å². The molecule has 3 rings (SSSR count). The van der Waals surface area contributed by atoms with E-state index < -0.39 is 0 Å². The van der Waals surface area contributed by atoms with Crippen molar-refractivity contribution >= 4 is 0 Å². The van der Waals surface area contributed by atoms with Crippen LogP contribution in [0.2, 0.25) is 0 Å². The monoisotopic (exact) mass is 178 g/mol. The molecule has 1 aliphatic heterocycles. The Labute approximate surface area is 78.1 Å². The summed E-state index contributed by atoms with van der Waals surface area (Å²) >= 11 is 0. The number of allylic oxidation sites excluding steroid dienone is 1. The molecule has 2 bridgehead atoms. The second kappa shape index (κ2) is 2.96. The molecule has 2 fully saturated rings. The van der Waals surface area contributed by atoms with Crippen molar-refractivity contribution in [3.05, 3.63) is 23.3 Å². The van der Waals surface area contributed by atoms with Gasteiger partial charge in [-0.1, -0.05) is 12.0 Å². The van der Waals surface area contributed by atoms with E-state index in [1.807, 2.05) is 0 Å². The molecule has 0 radical (unpaired) electrons. The fraction of sp³-hybridized carbons (Fsp3) is 0.636. The molecule has 3 aliphatic rings. The topological polar surface area (TPSA) is 18.5 Å². The Morgan fingerprint density at radius 1 is 0.923 bits per heavy atom. The molecule has 2 atom stereocenters. The first-order valence-electron chi connectivity index (χ1n) is 5.17. The highest BCUT2D eigenvalue weighted by atomic mass is 17.2. The maximum atomic E-state index is 5.17. The van der Waals surface area contributed by atoms with Crippen molar-refractivity contribution < 1.29 is 9.78 Å². The lowest BCUT2D eigenvalue weighted by atomic mass is 9.89. The molecule has 2 heteroatoms. The molecule has 2 aliphatic carbocycles. The summed E-state index contributed by atoms with van der Waals surface area (Å²) in [5, 5.41) is 0. The van der Waals surface area contributed by atoms with E-state index in [0.29, 0.717) is 0 Å². The van der Waals surface area contributed by atoms with Crippen LogP contribution in [-0.4, -0.2) is 12.2 Å². The zero-order valence-corrected chi connectivity index (χ0v) is 7.66. The summed E-state index contributed by atoms with van der Waals surface area (Å²) < 4.78 is 0. The van der Waals surface area contributed by atoms with E-state index in [4.69, 9.17) is 9.78 Å². The highest BCUT2D eigenvalue weighted by molar-refractivity contribution is 5.37. The maximum absolute atomic E-state index is 5.17. The van der Waals surface area contributed by atoms with Gasteiger partial charge < -0.3 is 0 Å². The van der Waals surface area contributed by atoms with Crippen molar-refractivity contribution in [3.63, 3.8) is 0 Å². The third-order valence-electron chi connectivity index (χ3n) is 3.20. The highest BCUT2D eigenvalue weighted by Crippen LogP contribution is 2.38. The Balaban J connectivity index is 1.91. The summed E-state index contributed by atoms with van der Waals surface area (Å²) in [4.78, 5) is 10.3. The van der Waals surface area contributed by atoms with E-state index in [1.54, 1.807) is 5.57 Å². The van der Waals surface area contributed by atoms with Crippen LogP contribution in [-0.2, 0) is 9.78 Å². The van der Waals surface area contributed by atoms with E-state index in [2.05, 4.69) is 12.2 Å². The van der Waals surface area contributed by atoms with Crippen LogP contribution in [0, 0.1) is 0 Å². The smallest absolute Gasteiger partial charge is 0.135 e. The van der Waals surface area contributed by atoms with Crippen LogP contribution < -0.4 is 0 Å². The minimum Gasteiger partial charge on any atom is -0.224 e. The van der Waals surface area contributed by atoms with Crippen LogP contribution in [0.5, 0.6) is 0 Å². The van der Waals surface area contributed by atoms with E-state index in [1.165, 1.54) is 37.7 Å². The predicted molar refractivity (Wildman–Crippen MR) is 49.0 cm³/mol. The second-order valence-electron chi connectivity index (χ2n) is 4.04. The van der Waals surface area contributed by atoms with Crippen molar-refractivity contribution in [2.24, 2.45) is 0 Å². The lowest BCUT2D eigenvalue weighted by Crippen LogP contribution is -2.08. The number of rotatable bonds is 0. The van der Waals surface area contributed by atoms with Gasteiger partial charge in [-0.15, -0.1) is 0 Å². The number of hydrogen-bond acceptors (Lipinski definition) is 2. The fourth-order valence-corrected chi connectivity index (χ4v) is 2.53. The molecule has 1 saturated heterocycles. The molecule has 1 heterocycles. The molecule has 0 aromatic heterocycles. The quantitative estimate of drug-likeness (QED) is 0.419. The molecular formula is C11H14O2.